The second kappa shape index (κ2) is 7.94. The monoisotopic (exact) mass is 475 g/mol. The highest BCUT2D eigenvalue weighted by molar-refractivity contribution is 6.25. The number of carbonyl (C=O) groups is 3. The van der Waals surface area contributed by atoms with Crippen molar-refractivity contribution in [2.75, 3.05) is 4.90 Å². The van der Waals surface area contributed by atoms with Crippen LogP contribution >= 0.6 is 0 Å². The normalized spacial score (nSPS) is 24.5. The molecule has 12 heteroatoms. The van der Waals surface area contributed by atoms with Crippen molar-refractivity contribution >= 4 is 40.9 Å². The molecule has 0 radical (unpaired) electrons. The molecule has 176 valence electrons. The van der Waals surface area contributed by atoms with Gasteiger partial charge in [0.15, 0.2) is 5.78 Å². The maximum atomic E-state index is 13.6. The summed E-state index contributed by atoms with van der Waals surface area (Å²) >= 11 is 0. The van der Waals surface area contributed by atoms with Crippen molar-refractivity contribution in [1.29, 1.82) is 0 Å². The maximum Gasteiger partial charge on any atom is 0.270 e. The smallest absolute Gasteiger partial charge is 0.270 e. The van der Waals surface area contributed by atoms with Gasteiger partial charge < -0.3 is 0 Å². The Morgan fingerprint density at radius 2 is 1.66 bits per heavy atom. The van der Waals surface area contributed by atoms with Crippen molar-refractivity contribution in [3.63, 3.8) is 0 Å². The maximum absolute atomic E-state index is 13.6. The SMILES string of the molecule is Cc1cc([N+](=O)[O-])ccc1N1C(=O)[C@@H]2[C@H](C1=O)[C@@H](C(=O)c1cccc([N+](=O)[O-])c1)N1N=CC=C[C@H]21. The number of allylic oxidation sites excluding steroid dienone is 1. The Kier molecular flexibility index (Phi) is 5.01. The third-order valence-electron chi connectivity index (χ3n) is 6.53. The predicted octanol–water partition coefficient (Wildman–Crippen LogP) is 2.41. The summed E-state index contributed by atoms with van der Waals surface area (Å²) in [6.07, 6.45) is 4.75. The molecule has 0 saturated carbocycles. The lowest BCUT2D eigenvalue weighted by Crippen LogP contribution is -2.46. The van der Waals surface area contributed by atoms with Gasteiger partial charge in [0.1, 0.15) is 6.04 Å². The van der Waals surface area contributed by atoms with E-state index in [9.17, 15) is 34.6 Å². The number of imide groups is 1. The van der Waals surface area contributed by atoms with Gasteiger partial charge in [0.05, 0.1) is 33.4 Å². The van der Waals surface area contributed by atoms with Crippen LogP contribution in [-0.4, -0.2) is 50.8 Å². The predicted molar refractivity (Wildman–Crippen MR) is 122 cm³/mol. The average Bonchev–Trinajstić information content (AvgIpc) is 3.31. The van der Waals surface area contributed by atoms with E-state index in [1.54, 1.807) is 19.1 Å². The van der Waals surface area contributed by atoms with E-state index in [-0.39, 0.29) is 22.6 Å². The summed E-state index contributed by atoms with van der Waals surface area (Å²) < 4.78 is 0. The molecule has 0 spiro atoms. The van der Waals surface area contributed by atoms with Crippen LogP contribution in [0.3, 0.4) is 0 Å². The number of hydrazone groups is 1. The Balaban J connectivity index is 1.57. The second-order valence-corrected chi connectivity index (χ2v) is 8.43. The van der Waals surface area contributed by atoms with Crippen LogP contribution in [0.5, 0.6) is 0 Å². The van der Waals surface area contributed by atoms with Crippen LogP contribution in [0.2, 0.25) is 0 Å². The first-order valence-electron chi connectivity index (χ1n) is 10.6. The minimum absolute atomic E-state index is 0.0265. The first kappa shape index (κ1) is 22.1. The number of nitrogens with zero attached hydrogens (tertiary/aromatic N) is 5. The number of hydrogen-bond donors (Lipinski definition) is 0. The quantitative estimate of drug-likeness (QED) is 0.276. The van der Waals surface area contributed by atoms with Gasteiger partial charge >= 0.3 is 0 Å². The van der Waals surface area contributed by atoms with E-state index in [2.05, 4.69) is 5.10 Å². The van der Waals surface area contributed by atoms with Crippen LogP contribution in [0.15, 0.2) is 59.7 Å². The number of nitro benzene ring substituents is 2. The molecule has 3 aliphatic heterocycles. The Hall–Kier alpha value is -4.74. The molecule has 4 atom stereocenters. The Morgan fingerprint density at radius 3 is 2.34 bits per heavy atom. The molecule has 12 nitrogen and oxygen atoms in total. The summed E-state index contributed by atoms with van der Waals surface area (Å²) in [5.41, 5.74) is 0.132. The number of aryl methyl sites for hydroxylation is 1. The van der Waals surface area contributed by atoms with E-state index < -0.39 is 51.4 Å². The summed E-state index contributed by atoms with van der Waals surface area (Å²) in [5.74, 6) is -3.74. The van der Waals surface area contributed by atoms with Crippen molar-refractivity contribution < 1.29 is 24.2 Å². The van der Waals surface area contributed by atoms with Crippen molar-refractivity contribution in [2.45, 2.75) is 19.0 Å². The molecule has 0 bridgehead atoms. The standard InChI is InChI=1S/C23H17N5O7/c1-12-10-15(28(34)35)7-8-16(12)25-22(30)18-17-6-3-9-24-26(17)20(19(18)23(25)31)21(29)13-4-2-5-14(11-13)27(32)33/h2-11,17-20H,1H3/t17-,18+,19+,20+/m1/s1. The minimum atomic E-state index is -1.16. The van der Waals surface area contributed by atoms with Gasteiger partial charge in [0, 0.05) is 36.0 Å². The van der Waals surface area contributed by atoms with Crippen molar-refractivity contribution in [1.82, 2.24) is 5.01 Å². The lowest BCUT2D eigenvalue weighted by Gasteiger charge is -2.30. The number of anilines is 1. The van der Waals surface area contributed by atoms with Crippen LogP contribution < -0.4 is 4.90 Å². The molecule has 3 heterocycles. The molecule has 2 saturated heterocycles. The molecule has 2 aromatic rings. The Labute approximate surface area is 197 Å². The number of fused-ring (bicyclic) bond motifs is 3. The van der Waals surface area contributed by atoms with Gasteiger partial charge in [-0.25, -0.2) is 4.90 Å². The van der Waals surface area contributed by atoms with Crippen molar-refractivity contribution in [3.05, 3.63) is 86.0 Å². The largest absolute Gasteiger partial charge is 0.292 e. The summed E-state index contributed by atoms with van der Waals surface area (Å²) in [6.45, 7) is 1.56. The number of non-ortho nitro benzene ring substituents is 2. The van der Waals surface area contributed by atoms with Gasteiger partial charge in [-0.1, -0.05) is 18.2 Å². The van der Waals surface area contributed by atoms with E-state index in [1.807, 2.05) is 0 Å². The number of amides is 2. The average molecular weight is 475 g/mol. The number of ketones is 1. The zero-order valence-corrected chi connectivity index (χ0v) is 18.2. The Morgan fingerprint density at radius 1 is 0.971 bits per heavy atom. The highest BCUT2D eigenvalue weighted by Crippen LogP contribution is 2.47. The molecule has 35 heavy (non-hydrogen) atoms. The van der Waals surface area contributed by atoms with Gasteiger partial charge in [0.25, 0.3) is 11.4 Å². The second-order valence-electron chi connectivity index (χ2n) is 8.43. The number of rotatable bonds is 5. The summed E-state index contributed by atoms with van der Waals surface area (Å²) in [6, 6.07) is 7.17. The minimum Gasteiger partial charge on any atom is -0.292 e. The molecule has 0 N–H and O–H groups in total. The van der Waals surface area contributed by atoms with Crippen LogP contribution in [0.4, 0.5) is 17.1 Å². The lowest BCUT2D eigenvalue weighted by molar-refractivity contribution is -0.385. The lowest BCUT2D eigenvalue weighted by atomic mass is 9.86. The number of hydrogen-bond acceptors (Lipinski definition) is 9. The number of nitro groups is 2. The van der Waals surface area contributed by atoms with Crippen LogP contribution in [0, 0.1) is 39.0 Å². The molecule has 0 unspecified atom stereocenters. The number of carbonyl (C=O) groups excluding carboxylic acids is 3. The fourth-order valence-electron chi connectivity index (χ4n) is 5.02. The van der Waals surface area contributed by atoms with Gasteiger partial charge in [-0.15, -0.1) is 0 Å². The molecule has 2 amide bonds. The van der Waals surface area contributed by atoms with Crippen molar-refractivity contribution in [2.24, 2.45) is 16.9 Å². The van der Waals surface area contributed by atoms with E-state index in [0.29, 0.717) is 5.56 Å². The highest BCUT2D eigenvalue weighted by Gasteiger charge is 2.64. The van der Waals surface area contributed by atoms with Gasteiger partial charge in [-0.2, -0.15) is 5.10 Å². The third-order valence-corrected chi connectivity index (χ3v) is 6.53. The molecule has 2 fully saturated rings. The highest BCUT2D eigenvalue weighted by atomic mass is 16.6. The van der Waals surface area contributed by atoms with Crippen LogP contribution in [0.1, 0.15) is 15.9 Å². The molecule has 3 aliphatic rings. The molecule has 5 rings (SSSR count). The molecular weight excluding hydrogens is 458 g/mol. The molecule has 0 aliphatic carbocycles. The zero-order chi connectivity index (χ0) is 25.0. The number of Topliss-reactive ketones (excluding diaryl/α,β-unsaturated/α-hetero) is 1. The molecule has 2 aromatic carbocycles. The van der Waals surface area contributed by atoms with Gasteiger partial charge in [0.2, 0.25) is 11.8 Å². The molecule has 0 aromatic heterocycles. The van der Waals surface area contributed by atoms with E-state index in [0.717, 1.165) is 11.0 Å². The van der Waals surface area contributed by atoms with E-state index in [4.69, 9.17) is 0 Å². The number of benzene rings is 2. The van der Waals surface area contributed by atoms with E-state index in [1.165, 1.54) is 47.6 Å². The van der Waals surface area contributed by atoms with Gasteiger partial charge in [-0.3, -0.25) is 39.6 Å². The Bertz CT molecular complexity index is 1380. The fraction of sp³-hybridized carbons (Fsp3) is 0.217. The fourth-order valence-corrected chi connectivity index (χ4v) is 5.02. The summed E-state index contributed by atoms with van der Waals surface area (Å²) in [5, 5.41) is 28.0. The topological polar surface area (TPSA) is 156 Å². The first-order valence-corrected chi connectivity index (χ1v) is 10.6. The zero-order valence-electron chi connectivity index (χ0n) is 18.2. The summed E-state index contributed by atoms with van der Waals surface area (Å²) in [4.78, 5) is 62.8. The first-order chi connectivity index (χ1) is 16.7. The van der Waals surface area contributed by atoms with Crippen LogP contribution in [0.25, 0.3) is 0 Å². The summed E-state index contributed by atoms with van der Waals surface area (Å²) in [7, 11) is 0. The third kappa shape index (κ3) is 3.29. The molecular formula is C23H17N5O7. The van der Waals surface area contributed by atoms with Crippen molar-refractivity contribution in [3.8, 4) is 0 Å². The van der Waals surface area contributed by atoms with E-state index >= 15 is 0 Å². The van der Waals surface area contributed by atoms with Gasteiger partial charge in [-0.05, 0) is 24.6 Å². The van der Waals surface area contributed by atoms with Crippen LogP contribution in [-0.2, 0) is 9.59 Å².